The summed E-state index contributed by atoms with van der Waals surface area (Å²) in [6.45, 7) is 1.98. The molecule has 1 aromatic carbocycles. The minimum absolute atomic E-state index is 0.0495. The summed E-state index contributed by atoms with van der Waals surface area (Å²) < 4.78 is 19.6. The minimum Gasteiger partial charge on any atom is -0.453 e. The number of hydrogen-bond acceptors (Lipinski definition) is 5. The van der Waals surface area contributed by atoms with Crippen molar-refractivity contribution in [3.63, 3.8) is 0 Å². The number of nitrogens with zero attached hydrogens (tertiary/aromatic N) is 3. The number of piperazine rings is 1. The second kappa shape index (κ2) is 9.03. The maximum Gasteiger partial charge on any atom is 0.409 e. The van der Waals surface area contributed by atoms with Gasteiger partial charge < -0.3 is 25.2 Å². The maximum absolute atomic E-state index is 14.9. The Hall–Kier alpha value is -3.36. The molecule has 1 aliphatic rings. The molecule has 2 N–H and O–H groups in total. The number of carbonyl (C=O) groups is 2. The fourth-order valence-electron chi connectivity index (χ4n) is 2.99. The van der Waals surface area contributed by atoms with Crippen molar-refractivity contribution in [2.75, 3.05) is 43.5 Å². The highest BCUT2D eigenvalue weighted by Gasteiger charge is 2.23. The van der Waals surface area contributed by atoms with E-state index < -0.39 is 6.03 Å². The Kier molecular flexibility index (Phi) is 6.25. The van der Waals surface area contributed by atoms with Gasteiger partial charge in [0.1, 0.15) is 0 Å². The van der Waals surface area contributed by atoms with E-state index >= 15 is 0 Å². The first-order chi connectivity index (χ1) is 13.6. The lowest BCUT2D eigenvalue weighted by Gasteiger charge is -2.35. The molecule has 1 fully saturated rings. The molecule has 3 amide bonds. The number of aromatic nitrogens is 1. The molecule has 148 valence electrons. The SMILES string of the molecule is COC(=O)N1CCN(c2cccc(CNC(=O)Nc3cccnc3)c2F)CC1. The number of hydrogen-bond donors (Lipinski definition) is 2. The number of urea groups is 1. The number of rotatable bonds is 4. The summed E-state index contributed by atoms with van der Waals surface area (Å²) in [5.74, 6) is -0.379. The molecule has 28 heavy (non-hydrogen) atoms. The van der Waals surface area contributed by atoms with Gasteiger partial charge in [0.15, 0.2) is 5.82 Å². The molecule has 0 aliphatic carbocycles. The molecule has 1 aromatic heterocycles. The molecule has 1 aliphatic heterocycles. The van der Waals surface area contributed by atoms with Gasteiger partial charge in [0.05, 0.1) is 24.7 Å². The highest BCUT2D eigenvalue weighted by molar-refractivity contribution is 5.88. The number of ether oxygens (including phenoxy) is 1. The first kappa shape index (κ1) is 19.4. The van der Waals surface area contributed by atoms with Crippen LogP contribution in [0, 0.1) is 5.82 Å². The molecule has 9 heteroatoms. The fourth-order valence-corrected chi connectivity index (χ4v) is 2.99. The van der Waals surface area contributed by atoms with Crippen molar-refractivity contribution in [3.8, 4) is 0 Å². The number of halogens is 1. The average molecular weight is 387 g/mol. The van der Waals surface area contributed by atoms with Gasteiger partial charge in [-0.2, -0.15) is 0 Å². The third-order valence-electron chi connectivity index (χ3n) is 4.47. The third kappa shape index (κ3) is 4.67. The van der Waals surface area contributed by atoms with Gasteiger partial charge in [-0.05, 0) is 18.2 Å². The minimum atomic E-state index is -0.440. The highest BCUT2D eigenvalue weighted by Crippen LogP contribution is 2.23. The summed E-state index contributed by atoms with van der Waals surface area (Å²) in [5, 5.41) is 5.28. The Bertz CT molecular complexity index is 826. The summed E-state index contributed by atoms with van der Waals surface area (Å²) >= 11 is 0. The number of pyridine rings is 1. The number of methoxy groups -OCH3 is 1. The molecule has 2 aromatic rings. The van der Waals surface area contributed by atoms with Crippen molar-refractivity contribution in [1.82, 2.24) is 15.2 Å². The van der Waals surface area contributed by atoms with Crippen LogP contribution in [0.25, 0.3) is 0 Å². The lowest BCUT2D eigenvalue weighted by molar-refractivity contribution is 0.121. The quantitative estimate of drug-likeness (QED) is 0.842. The fraction of sp³-hybridized carbons (Fsp3) is 0.316. The predicted octanol–water partition coefficient (Wildman–Crippen LogP) is 2.43. The van der Waals surface area contributed by atoms with Gasteiger partial charge in [-0.15, -0.1) is 0 Å². The van der Waals surface area contributed by atoms with Crippen LogP contribution < -0.4 is 15.5 Å². The van der Waals surface area contributed by atoms with Crippen molar-refractivity contribution < 1.29 is 18.7 Å². The number of nitrogens with one attached hydrogen (secondary N) is 2. The van der Waals surface area contributed by atoms with E-state index in [1.165, 1.54) is 13.3 Å². The average Bonchev–Trinajstić information content (AvgIpc) is 2.73. The summed E-state index contributed by atoms with van der Waals surface area (Å²) in [5.41, 5.74) is 1.39. The monoisotopic (exact) mass is 387 g/mol. The Balaban J connectivity index is 1.59. The van der Waals surface area contributed by atoms with Crippen LogP contribution >= 0.6 is 0 Å². The molecule has 0 unspecified atom stereocenters. The van der Waals surface area contributed by atoms with E-state index in [9.17, 15) is 14.0 Å². The lowest BCUT2D eigenvalue weighted by atomic mass is 10.1. The zero-order chi connectivity index (χ0) is 19.9. The van der Waals surface area contributed by atoms with Crippen LogP contribution in [0.4, 0.5) is 25.4 Å². The van der Waals surface area contributed by atoms with Gasteiger partial charge >= 0.3 is 12.1 Å². The van der Waals surface area contributed by atoms with E-state index in [1.807, 2.05) is 4.90 Å². The number of amides is 3. The van der Waals surface area contributed by atoms with Crippen molar-refractivity contribution in [1.29, 1.82) is 0 Å². The van der Waals surface area contributed by atoms with Crippen LogP contribution in [0.5, 0.6) is 0 Å². The van der Waals surface area contributed by atoms with E-state index in [0.29, 0.717) is 43.1 Å². The van der Waals surface area contributed by atoms with Crippen LogP contribution in [-0.2, 0) is 11.3 Å². The van der Waals surface area contributed by atoms with Crippen molar-refractivity contribution in [3.05, 3.63) is 54.1 Å². The van der Waals surface area contributed by atoms with Crippen molar-refractivity contribution in [2.45, 2.75) is 6.54 Å². The zero-order valence-electron chi connectivity index (χ0n) is 15.5. The number of carbonyl (C=O) groups excluding carboxylic acids is 2. The summed E-state index contributed by atoms with van der Waals surface area (Å²) in [4.78, 5) is 30.9. The van der Waals surface area contributed by atoms with E-state index in [1.54, 1.807) is 41.4 Å². The maximum atomic E-state index is 14.9. The Morgan fingerprint density at radius 2 is 1.96 bits per heavy atom. The van der Waals surface area contributed by atoms with Gasteiger partial charge in [0, 0.05) is 44.5 Å². The van der Waals surface area contributed by atoms with Crippen molar-refractivity contribution >= 4 is 23.5 Å². The Morgan fingerprint density at radius 3 is 2.64 bits per heavy atom. The van der Waals surface area contributed by atoms with Gasteiger partial charge in [-0.1, -0.05) is 12.1 Å². The molecule has 0 atom stereocenters. The molecule has 0 bridgehead atoms. The topological polar surface area (TPSA) is 86.8 Å². The van der Waals surface area contributed by atoms with Gasteiger partial charge in [-0.3, -0.25) is 4.98 Å². The summed E-state index contributed by atoms with van der Waals surface area (Å²) in [6, 6.07) is 8.06. The van der Waals surface area contributed by atoms with E-state index in [-0.39, 0.29) is 18.5 Å². The third-order valence-corrected chi connectivity index (χ3v) is 4.47. The Morgan fingerprint density at radius 1 is 1.18 bits per heavy atom. The largest absolute Gasteiger partial charge is 0.453 e. The molecule has 2 heterocycles. The van der Waals surface area contributed by atoms with E-state index in [0.717, 1.165) is 0 Å². The van der Waals surface area contributed by atoms with Gasteiger partial charge in [0.25, 0.3) is 0 Å². The van der Waals surface area contributed by atoms with Crippen LogP contribution in [0.2, 0.25) is 0 Å². The van der Waals surface area contributed by atoms with Crippen LogP contribution in [-0.4, -0.2) is 55.3 Å². The molecule has 8 nitrogen and oxygen atoms in total. The summed E-state index contributed by atoms with van der Waals surface area (Å²) in [7, 11) is 1.34. The zero-order valence-corrected chi connectivity index (χ0v) is 15.5. The normalized spacial score (nSPS) is 13.8. The molecule has 0 spiro atoms. The molecule has 0 saturated carbocycles. The molecular formula is C19H22FN5O3. The van der Waals surface area contributed by atoms with E-state index in [4.69, 9.17) is 4.74 Å². The predicted molar refractivity (Wildman–Crippen MR) is 103 cm³/mol. The number of benzene rings is 1. The summed E-state index contributed by atoms with van der Waals surface area (Å²) in [6.07, 6.45) is 2.75. The van der Waals surface area contributed by atoms with E-state index in [2.05, 4.69) is 15.6 Å². The van der Waals surface area contributed by atoms with Crippen LogP contribution in [0.15, 0.2) is 42.7 Å². The second-order valence-corrected chi connectivity index (χ2v) is 6.24. The second-order valence-electron chi connectivity index (χ2n) is 6.24. The molecule has 3 rings (SSSR count). The van der Waals surface area contributed by atoms with Gasteiger partial charge in [0.2, 0.25) is 0 Å². The lowest BCUT2D eigenvalue weighted by Crippen LogP contribution is -2.49. The highest BCUT2D eigenvalue weighted by atomic mass is 19.1. The van der Waals surface area contributed by atoms with Crippen molar-refractivity contribution in [2.24, 2.45) is 0 Å². The first-order valence-corrected chi connectivity index (χ1v) is 8.88. The van der Waals surface area contributed by atoms with Crippen LogP contribution in [0.1, 0.15) is 5.56 Å². The molecule has 1 saturated heterocycles. The standard InChI is InChI=1S/C19H22FN5O3/c1-28-19(27)25-10-8-24(9-11-25)16-6-2-4-14(17(16)20)12-22-18(26)23-15-5-3-7-21-13-15/h2-7,13H,8-12H2,1H3,(H2,22,23,26). The smallest absolute Gasteiger partial charge is 0.409 e. The van der Waals surface area contributed by atoms with Crippen LogP contribution in [0.3, 0.4) is 0 Å². The Labute approximate surface area is 162 Å². The molecule has 0 radical (unpaired) electrons. The number of anilines is 2. The first-order valence-electron chi connectivity index (χ1n) is 8.88. The van der Waals surface area contributed by atoms with Gasteiger partial charge in [-0.25, -0.2) is 14.0 Å². The molecular weight excluding hydrogens is 365 g/mol.